The molecule has 0 saturated heterocycles. The fourth-order valence-corrected chi connectivity index (χ4v) is 8.39. The largest absolute Gasteiger partial charge is 2.00 e. The number of rotatable bonds is 7. The van der Waals surface area contributed by atoms with Gasteiger partial charge in [-0.05, 0) is 71.7 Å². The van der Waals surface area contributed by atoms with E-state index in [2.05, 4.69) is 213 Å². The van der Waals surface area contributed by atoms with Crippen LogP contribution in [0, 0.1) is 12.1 Å². The minimum atomic E-state index is -0.744. The number of aromatic nitrogens is 2. The molecule has 5 heteroatoms. The molecular formula is C50H44N4Pt. The Balaban J connectivity index is 0.00000427. The molecule has 2 aromatic heterocycles. The molecule has 0 bridgehead atoms. The summed E-state index contributed by atoms with van der Waals surface area (Å²) in [6.45, 7) is 12.0. The van der Waals surface area contributed by atoms with E-state index in [-0.39, 0.29) is 26.5 Å². The number of pyridine rings is 1. The third kappa shape index (κ3) is 6.08. The second-order valence-electron chi connectivity index (χ2n) is 15.7. The molecule has 0 unspecified atom stereocenters. The third-order valence-electron chi connectivity index (χ3n) is 11.1. The summed E-state index contributed by atoms with van der Waals surface area (Å²) < 4.78 is 2.30. The molecule has 0 amide bonds. The van der Waals surface area contributed by atoms with Gasteiger partial charge in [-0.15, -0.1) is 22.6 Å². The van der Waals surface area contributed by atoms with Crippen molar-refractivity contribution in [2.75, 3.05) is 16.5 Å². The predicted molar refractivity (Wildman–Crippen MR) is 224 cm³/mol. The molecule has 8 aromatic rings. The van der Waals surface area contributed by atoms with Gasteiger partial charge < -0.3 is 14.4 Å². The number of hydrogen-bond donors (Lipinski definition) is 0. The topological polar surface area (TPSA) is 24.3 Å². The summed E-state index contributed by atoms with van der Waals surface area (Å²) in [7, 11) is 0. The Morgan fingerprint density at radius 1 is 0.600 bits per heavy atom. The van der Waals surface area contributed by atoms with Crippen molar-refractivity contribution in [3.8, 4) is 5.82 Å². The number of benzene rings is 6. The summed E-state index contributed by atoms with van der Waals surface area (Å²) in [5.74, 6) is 0.892. The van der Waals surface area contributed by atoms with Gasteiger partial charge in [0.1, 0.15) is 5.82 Å². The molecule has 4 nitrogen and oxygen atoms in total. The standard InChI is InChI=1S/C50H44N4.Pt/c1-35(2)52-34-53(46-26-15-14-25-45(46)52)41-22-16-21-39(31-41)50(36-17-8-6-9-18-36,37-19-10-7-11-20-37)40-27-28-43-42-23-12-13-24-44(42)54(47(43)32-40)48-33-38(29-30-51-48)49(3,4)5;/h6-30,33,35H,34H2,1-5H3;/q-2;+2. The van der Waals surface area contributed by atoms with E-state index >= 15 is 0 Å². The number of nitrogens with zero attached hydrogens (tertiary/aromatic N) is 4. The van der Waals surface area contributed by atoms with Crippen LogP contribution in [0.2, 0.25) is 0 Å². The first-order valence-corrected chi connectivity index (χ1v) is 18.9. The van der Waals surface area contributed by atoms with Gasteiger partial charge in [-0.1, -0.05) is 123 Å². The molecule has 0 atom stereocenters. The number of para-hydroxylation sites is 3. The first-order valence-electron chi connectivity index (χ1n) is 18.9. The van der Waals surface area contributed by atoms with Gasteiger partial charge in [-0.25, -0.2) is 4.98 Å². The maximum Gasteiger partial charge on any atom is 2.00 e. The molecule has 9 rings (SSSR count). The van der Waals surface area contributed by atoms with Gasteiger partial charge in [0.25, 0.3) is 0 Å². The van der Waals surface area contributed by atoms with Gasteiger partial charge >= 0.3 is 21.1 Å². The zero-order valence-corrected chi connectivity index (χ0v) is 34.2. The zero-order chi connectivity index (χ0) is 37.0. The third-order valence-corrected chi connectivity index (χ3v) is 11.1. The van der Waals surface area contributed by atoms with E-state index in [4.69, 9.17) is 4.98 Å². The van der Waals surface area contributed by atoms with Crippen LogP contribution >= 0.6 is 0 Å². The summed E-state index contributed by atoms with van der Waals surface area (Å²) in [6, 6.07) is 63.2. The number of fused-ring (bicyclic) bond motifs is 4. The molecule has 0 N–H and O–H groups in total. The summed E-state index contributed by atoms with van der Waals surface area (Å²) in [4.78, 5) is 9.84. The maximum absolute atomic E-state index is 4.98. The van der Waals surface area contributed by atoms with Gasteiger partial charge in [0, 0.05) is 23.2 Å². The van der Waals surface area contributed by atoms with E-state index in [0.29, 0.717) is 6.04 Å². The van der Waals surface area contributed by atoms with Gasteiger partial charge in [-0.2, -0.15) is 36.4 Å². The van der Waals surface area contributed by atoms with Crippen LogP contribution in [0.15, 0.2) is 158 Å². The van der Waals surface area contributed by atoms with Crippen molar-refractivity contribution in [3.63, 3.8) is 0 Å². The quantitative estimate of drug-likeness (QED) is 0.118. The Morgan fingerprint density at radius 2 is 1.24 bits per heavy atom. The normalized spacial score (nSPS) is 13.1. The van der Waals surface area contributed by atoms with E-state index in [1.165, 1.54) is 22.3 Å². The van der Waals surface area contributed by atoms with Crippen LogP contribution in [0.25, 0.3) is 27.6 Å². The monoisotopic (exact) mass is 895 g/mol. The minimum absolute atomic E-state index is 0. The van der Waals surface area contributed by atoms with Crippen LogP contribution in [0.3, 0.4) is 0 Å². The van der Waals surface area contributed by atoms with Crippen molar-refractivity contribution in [2.24, 2.45) is 0 Å². The van der Waals surface area contributed by atoms with Crippen molar-refractivity contribution >= 4 is 38.9 Å². The fraction of sp³-hybridized carbons (Fsp3) is 0.180. The summed E-state index contributed by atoms with van der Waals surface area (Å²) in [5.41, 5.74) is 10.5. The van der Waals surface area contributed by atoms with Crippen LogP contribution in [0.5, 0.6) is 0 Å². The number of anilines is 3. The Bertz CT molecular complexity index is 2580. The molecule has 274 valence electrons. The predicted octanol–water partition coefficient (Wildman–Crippen LogP) is 11.8. The smallest absolute Gasteiger partial charge is 0.349 e. The van der Waals surface area contributed by atoms with Crippen LogP contribution < -0.4 is 9.80 Å². The first-order chi connectivity index (χ1) is 26.2. The average molecular weight is 896 g/mol. The minimum Gasteiger partial charge on any atom is -0.349 e. The molecule has 0 spiro atoms. The Labute approximate surface area is 339 Å². The van der Waals surface area contributed by atoms with Gasteiger partial charge in [0.2, 0.25) is 0 Å². The molecule has 0 radical (unpaired) electrons. The second kappa shape index (κ2) is 14.3. The van der Waals surface area contributed by atoms with Crippen molar-refractivity contribution in [1.29, 1.82) is 0 Å². The van der Waals surface area contributed by atoms with Crippen LogP contribution in [0.4, 0.5) is 17.1 Å². The molecule has 3 heterocycles. The van der Waals surface area contributed by atoms with Gasteiger partial charge in [0.05, 0.1) is 18.0 Å². The average Bonchev–Trinajstić information content (AvgIpc) is 3.76. The number of hydrogen-bond acceptors (Lipinski definition) is 3. The second-order valence-corrected chi connectivity index (χ2v) is 15.7. The first kappa shape index (κ1) is 36.5. The van der Waals surface area contributed by atoms with Crippen molar-refractivity contribution in [3.05, 3.63) is 198 Å². The molecule has 6 aromatic carbocycles. The summed E-state index contributed by atoms with van der Waals surface area (Å²) >= 11 is 0. The Hall–Kier alpha value is -5.44. The molecule has 0 fully saturated rings. The van der Waals surface area contributed by atoms with E-state index in [1.807, 2.05) is 6.20 Å². The molecule has 1 aliphatic heterocycles. The molecule has 1 aliphatic rings. The van der Waals surface area contributed by atoms with E-state index in [1.54, 1.807) is 0 Å². The molecule has 0 saturated carbocycles. The van der Waals surface area contributed by atoms with Crippen molar-refractivity contribution in [2.45, 2.75) is 51.5 Å². The van der Waals surface area contributed by atoms with E-state index in [9.17, 15) is 0 Å². The van der Waals surface area contributed by atoms with Crippen molar-refractivity contribution in [1.82, 2.24) is 9.55 Å². The van der Waals surface area contributed by atoms with Gasteiger partial charge in [0.15, 0.2) is 0 Å². The Kier molecular flexibility index (Phi) is 9.52. The molecule has 0 aliphatic carbocycles. The summed E-state index contributed by atoms with van der Waals surface area (Å²) in [5, 5.41) is 2.33. The SMILES string of the molecule is CC(C)N1CN(c2[c-]c(C(c3[c-]c4c(cc3)c3ccccc3n4-c3cc(C(C)(C)C)ccn3)(c3ccccc3)c3ccccc3)ccc2)c2ccccc21.[Pt+2]. The summed E-state index contributed by atoms with van der Waals surface area (Å²) in [6.07, 6.45) is 1.94. The zero-order valence-electron chi connectivity index (χ0n) is 31.9. The van der Waals surface area contributed by atoms with Crippen molar-refractivity contribution < 1.29 is 21.1 Å². The molecule has 55 heavy (non-hydrogen) atoms. The van der Waals surface area contributed by atoms with Crippen LogP contribution in [-0.4, -0.2) is 22.3 Å². The van der Waals surface area contributed by atoms with Crippen LogP contribution in [-0.2, 0) is 31.9 Å². The fourth-order valence-electron chi connectivity index (χ4n) is 8.39. The van der Waals surface area contributed by atoms with E-state index < -0.39 is 5.41 Å². The maximum atomic E-state index is 4.98. The Morgan fingerprint density at radius 3 is 1.93 bits per heavy atom. The van der Waals surface area contributed by atoms with Crippen LogP contribution in [0.1, 0.15) is 62.4 Å². The van der Waals surface area contributed by atoms with Gasteiger partial charge in [-0.3, -0.25) is 0 Å². The molecular weight excluding hydrogens is 852 g/mol. The van der Waals surface area contributed by atoms with E-state index in [0.717, 1.165) is 56.8 Å².